The fourth-order valence-corrected chi connectivity index (χ4v) is 2.57. The minimum absolute atomic E-state index is 0.260. The van der Waals surface area contributed by atoms with E-state index in [4.69, 9.17) is 5.26 Å². The lowest BCUT2D eigenvalue weighted by Crippen LogP contribution is -2.35. The average Bonchev–Trinajstić information content (AvgIpc) is 1.90. The molecule has 0 saturated heterocycles. The smallest absolute Gasteiger partial charge is 0.269 e. The Kier molecular flexibility index (Phi) is 3.18. The maximum absolute atomic E-state index is 13.0. The van der Waals surface area contributed by atoms with E-state index in [0.29, 0.717) is 0 Å². The van der Waals surface area contributed by atoms with Crippen molar-refractivity contribution in [1.82, 2.24) is 0 Å². The molecule has 0 aliphatic rings. The lowest BCUT2D eigenvalue weighted by molar-refractivity contribution is 0.476. The fourth-order valence-electron chi connectivity index (χ4n) is 1.13. The van der Waals surface area contributed by atoms with Gasteiger partial charge in [0.1, 0.15) is 5.04 Å². The molecule has 0 aliphatic heterocycles. The van der Waals surface area contributed by atoms with Crippen LogP contribution in [0.1, 0.15) is 26.7 Å². The van der Waals surface area contributed by atoms with E-state index in [1.807, 2.05) is 0 Å². The monoisotopic (exact) mass is 177 g/mol. The van der Waals surface area contributed by atoms with Crippen LogP contribution in [0.2, 0.25) is 11.6 Å². The van der Waals surface area contributed by atoms with Crippen molar-refractivity contribution in [3.05, 3.63) is 0 Å². The maximum atomic E-state index is 13.0. The minimum atomic E-state index is -4.30. The Balaban J connectivity index is 4.73. The highest BCUT2D eigenvalue weighted by atomic mass is 28.4. The topological polar surface area (TPSA) is 23.8 Å². The van der Waals surface area contributed by atoms with Crippen LogP contribution < -0.4 is 0 Å². The van der Waals surface area contributed by atoms with Gasteiger partial charge < -0.3 is 0 Å². The van der Waals surface area contributed by atoms with Gasteiger partial charge in [0.05, 0.1) is 6.07 Å². The van der Waals surface area contributed by atoms with E-state index in [-0.39, 0.29) is 12.8 Å². The summed E-state index contributed by atoms with van der Waals surface area (Å²) in [6.07, 6.45) is 0.519. The lowest BCUT2D eigenvalue weighted by Gasteiger charge is -2.27. The van der Waals surface area contributed by atoms with Crippen LogP contribution in [-0.4, -0.2) is 8.74 Å². The summed E-state index contributed by atoms with van der Waals surface area (Å²) >= 11 is 0. The van der Waals surface area contributed by atoms with Gasteiger partial charge >= 0.3 is 8.74 Å². The van der Waals surface area contributed by atoms with Crippen molar-refractivity contribution in [3.63, 3.8) is 0 Å². The summed E-state index contributed by atoms with van der Waals surface area (Å²) in [7, 11) is -4.30. The second-order valence-corrected chi connectivity index (χ2v) is 5.52. The predicted molar refractivity (Wildman–Crippen MR) is 42.7 cm³/mol. The first kappa shape index (κ1) is 10.6. The van der Waals surface area contributed by atoms with Crippen molar-refractivity contribution < 1.29 is 8.22 Å². The number of rotatable bonds is 3. The van der Waals surface area contributed by atoms with Crippen molar-refractivity contribution in [2.45, 2.75) is 38.3 Å². The van der Waals surface area contributed by atoms with Gasteiger partial charge in [0.25, 0.3) is 0 Å². The van der Waals surface area contributed by atoms with E-state index >= 15 is 0 Å². The van der Waals surface area contributed by atoms with Gasteiger partial charge in [-0.25, -0.2) is 0 Å². The molecule has 0 bridgehead atoms. The predicted octanol–water partition coefficient (Wildman–Crippen LogP) is 3.08. The first-order valence-electron chi connectivity index (χ1n) is 3.72. The van der Waals surface area contributed by atoms with E-state index in [9.17, 15) is 8.22 Å². The molecule has 0 aromatic heterocycles. The molecular weight excluding hydrogens is 164 g/mol. The van der Waals surface area contributed by atoms with Crippen LogP contribution in [0.3, 0.4) is 0 Å². The van der Waals surface area contributed by atoms with Crippen molar-refractivity contribution in [3.8, 4) is 6.07 Å². The van der Waals surface area contributed by atoms with Gasteiger partial charge in [-0.2, -0.15) is 5.26 Å². The summed E-state index contributed by atoms with van der Waals surface area (Å²) < 4.78 is 25.9. The standard InChI is InChI=1S/C7H13F2NSi/c1-4-7(5-2,6-10)11(3,8)9/h4-5H2,1-3H3. The second-order valence-electron chi connectivity index (χ2n) is 2.79. The minimum Gasteiger partial charge on any atom is -0.269 e. The Hall–Kier alpha value is -0.433. The summed E-state index contributed by atoms with van der Waals surface area (Å²) in [5, 5.41) is 7.29. The molecule has 0 N–H and O–H groups in total. The first-order chi connectivity index (χ1) is 4.93. The zero-order valence-corrected chi connectivity index (χ0v) is 8.12. The van der Waals surface area contributed by atoms with Crippen LogP contribution in [0.4, 0.5) is 8.22 Å². The van der Waals surface area contributed by atoms with E-state index < -0.39 is 13.8 Å². The molecule has 0 amide bonds. The van der Waals surface area contributed by atoms with Crippen molar-refractivity contribution in [2.24, 2.45) is 0 Å². The molecule has 0 atom stereocenters. The van der Waals surface area contributed by atoms with Gasteiger partial charge in [-0.05, 0) is 19.4 Å². The normalized spacial score (nSPS) is 12.7. The van der Waals surface area contributed by atoms with Crippen LogP contribution in [0.5, 0.6) is 0 Å². The molecule has 0 unspecified atom stereocenters. The Labute approximate surface area is 67.4 Å². The quantitative estimate of drug-likeness (QED) is 0.480. The molecule has 4 heteroatoms. The van der Waals surface area contributed by atoms with Gasteiger partial charge in [0.15, 0.2) is 0 Å². The average molecular weight is 177 g/mol. The molecule has 0 aromatic rings. The molecule has 64 valence electrons. The highest BCUT2D eigenvalue weighted by Gasteiger charge is 2.52. The van der Waals surface area contributed by atoms with Crippen LogP contribution in [-0.2, 0) is 0 Å². The molecule has 0 radical (unpaired) electrons. The molecule has 1 nitrogen and oxygen atoms in total. The Morgan fingerprint density at radius 3 is 1.73 bits per heavy atom. The van der Waals surface area contributed by atoms with Gasteiger partial charge in [-0.1, -0.05) is 13.8 Å². The van der Waals surface area contributed by atoms with Gasteiger partial charge in [0, 0.05) is 0 Å². The van der Waals surface area contributed by atoms with E-state index in [1.54, 1.807) is 19.9 Å². The lowest BCUT2D eigenvalue weighted by atomic mass is 10.0. The molecular formula is C7H13F2NSi. The van der Waals surface area contributed by atoms with Gasteiger partial charge in [0.2, 0.25) is 0 Å². The number of halogens is 2. The summed E-state index contributed by atoms with van der Waals surface area (Å²) in [5.74, 6) is 0. The molecule has 11 heavy (non-hydrogen) atoms. The Morgan fingerprint density at radius 1 is 1.36 bits per heavy atom. The van der Waals surface area contributed by atoms with E-state index in [2.05, 4.69) is 0 Å². The zero-order valence-electron chi connectivity index (χ0n) is 7.12. The fraction of sp³-hybridized carbons (Fsp3) is 0.857. The highest BCUT2D eigenvalue weighted by molar-refractivity contribution is 6.69. The van der Waals surface area contributed by atoms with Crippen molar-refractivity contribution in [1.29, 1.82) is 5.26 Å². The largest absolute Gasteiger partial charge is 0.441 e. The Morgan fingerprint density at radius 2 is 1.73 bits per heavy atom. The third-order valence-corrected chi connectivity index (χ3v) is 4.76. The SMILES string of the molecule is CCC(C#N)(CC)[Si](C)(F)F. The molecule has 0 fully saturated rings. The summed E-state index contributed by atoms with van der Waals surface area (Å²) in [5.41, 5.74) is 0. The van der Waals surface area contributed by atoms with Gasteiger partial charge in [-0.3, -0.25) is 8.22 Å². The number of hydrogen-bond acceptors (Lipinski definition) is 1. The molecule has 0 rings (SSSR count). The summed E-state index contributed by atoms with van der Waals surface area (Å²) in [6, 6.07) is 1.77. The second kappa shape index (κ2) is 3.31. The zero-order chi connectivity index (χ0) is 9.12. The van der Waals surface area contributed by atoms with E-state index in [0.717, 1.165) is 6.55 Å². The van der Waals surface area contributed by atoms with Crippen LogP contribution >= 0.6 is 0 Å². The molecule has 0 saturated carbocycles. The van der Waals surface area contributed by atoms with Crippen LogP contribution in [0.25, 0.3) is 0 Å². The van der Waals surface area contributed by atoms with Crippen LogP contribution in [0, 0.1) is 11.3 Å². The van der Waals surface area contributed by atoms with Crippen molar-refractivity contribution >= 4 is 8.74 Å². The molecule has 0 spiro atoms. The van der Waals surface area contributed by atoms with Crippen molar-refractivity contribution in [2.75, 3.05) is 0 Å². The maximum Gasteiger partial charge on any atom is 0.441 e. The Bertz CT molecular complexity index is 164. The number of nitriles is 1. The highest BCUT2D eigenvalue weighted by Crippen LogP contribution is 2.45. The third-order valence-electron chi connectivity index (χ3n) is 2.26. The number of hydrogen-bond donors (Lipinski definition) is 0. The number of nitrogens with zero attached hydrogens (tertiary/aromatic N) is 1. The molecule has 0 aromatic carbocycles. The van der Waals surface area contributed by atoms with Crippen LogP contribution in [0.15, 0.2) is 0 Å². The van der Waals surface area contributed by atoms with Gasteiger partial charge in [-0.15, -0.1) is 0 Å². The summed E-state index contributed by atoms with van der Waals surface area (Å²) in [6.45, 7) is 4.25. The summed E-state index contributed by atoms with van der Waals surface area (Å²) in [4.78, 5) is 0. The first-order valence-corrected chi connectivity index (χ1v) is 5.98. The van der Waals surface area contributed by atoms with E-state index in [1.165, 1.54) is 0 Å². The third kappa shape index (κ3) is 1.78. The molecule has 0 heterocycles. The molecule has 0 aliphatic carbocycles.